The highest BCUT2D eigenvalue weighted by Crippen LogP contribution is 2.27. The predicted octanol–water partition coefficient (Wildman–Crippen LogP) is 3.03. The Hall–Kier alpha value is -4.13. The first-order valence-electron chi connectivity index (χ1n) is 10.6. The van der Waals surface area contributed by atoms with Gasteiger partial charge in [-0.3, -0.25) is 9.59 Å². The Morgan fingerprint density at radius 3 is 2.06 bits per heavy atom. The van der Waals surface area contributed by atoms with Crippen LogP contribution in [0.5, 0.6) is 11.5 Å². The lowest BCUT2D eigenvalue weighted by Gasteiger charge is -2.15. The summed E-state index contributed by atoms with van der Waals surface area (Å²) in [6.45, 7) is 1.96. The Balaban J connectivity index is 1.68. The number of hydrazine groups is 1. The summed E-state index contributed by atoms with van der Waals surface area (Å²) >= 11 is 0. The Morgan fingerprint density at radius 2 is 1.48 bits per heavy atom. The van der Waals surface area contributed by atoms with Crippen molar-refractivity contribution in [3.63, 3.8) is 0 Å². The number of methoxy groups -OCH3 is 2. The van der Waals surface area contributed by atoms with Crippen LogP contribution in [0.2, 0.25) is 0 Å². The van der Waals surface area contributed by atoms with Gasteiger partial charge in [0.2, 0.25) is 12.3 Å². The van der Waals surface area contributed by atoms with Crippen LogP contribution in [0.15, 0.2) is 72.8 Å². The van der Waals surface area contributed by atoms with Crippen molar-refractivity contribution in [3.8, 4) is 11.5 Å². The molecule has 0 saturated carbocycles. The minimum atomic E-state index is -0.790. The molecule has 3 aromatic carbocycles. The lowest BCUT2D eigenvalue weighted by atomic mass is 9.99. The monoisotopic (exact) mass is 444 g/mol. The summed E-state index contributed by atoms with van der Waals surface area (Å²) in [5, 5.41) is 2.91. The SMILES string of the molecule is COc1ccc(/C=[N+]2\NC(=O)[C@H](NC(=O)c3ccc(C)cc3)[C@@H]2c2ccc(OC)cc2)cc1. The number of rotatable bonds is 6. The fraction of sp³-hybridized carbons (Fsp3) is 0.192. The maximum Gasteiger partial charge on any atom is 0.304 e. The van der Waals surface area contributed by atoms with Crippen LogP contribution in [0, 0.1) is 6.92 Å². The summed E-state index contributed by atoms with van der Waals surface area (Å²) in [5.41, 5.74) is 6.17. The predicted molar refractivity (Wildman–Crippen MR) is 125 cm³/mol. The molecule has 1 heterocycles. The molecule has 0 aromatic heterocycles. The number of amides is 2. The third-order valence-electron chi connectivity index (χ3n) is 5.60. The van der Waals surface area contributed by atoms with E-state index < -0.39 is 12.1 Å². The molecule has 7 heteroatoms. The van der Waals surface area contributed by atoms with Gasteiger partial charge in [0.15, 0.2) is 6.04 Å². The highest BCUT2D eigenvalue weighted by molar-refractivity contribution is 5.98. The third-order valence-corrected chi connectivity index (χ3v) is 5.60. The molecular weight excluding hydrogens is 418 g/mol. The van der Waals surface area contributed by atoms with E-state index in [2.05, 4.69) is 10.7 Å². The first-order chi connectivity index (χ1) is 16.0. The number of hydrogen-bond donors (Lipinski definition) is 2. The van der Waals surface area contributed by atoms with Gasteiger partial charge in [0.25, 0.3) is 5.91 Å². The second-order valence-corrected chi connectivity index (χ2v) is 7.82. The van der Waals surface area contributed by atoms with Crippen molar-refractivity contribution < 1.29 is 23.7 Å². The molecule has 0 aliphatic carbocycles. The highest BCUT2D eigenvalue weighted by Gasteiger charge is 2.47. The van der Waals surface area contributed by atoms with Crippen molar-refractivity contribution >= 4 is 18.0 Å². The van der Waals surface area contributed by atoms with E-state index in [4.69, 9.17) is 9.47 Å². The van der Waals surface area contributed by atoms with E-state index in [-0.39, 0.29) is 11.8 Å². The molecule has 7 nitrogen and oxygen atoms in total. The average Bonchev–Trinajstić information content (AvgIpc) is 3.14. The van der Waals surface area contributed by atoms with Crippen molar-refractivity contribution in [1.29, 1.82) is 0 Å². The Kier molecular flexibility index (Phi) is 6.40. The van der Waals surface area contributed by atoms with Crippen LogP contribution in [0.25, 0.3) is 0 Å². The van der Waals surface area contributed by atoms with E-state index in [1.165, 1.54) is 0 Å². The molecule has 33 heavy (non-hydrogen) atoms. The molecule has 1 fully saturated rings. The first kappa shape index (κ1) is 22.1. The van der Waals surface area contributed by atoms with Crippen molar-refractivity contribution in [2.24, 2.45) is 0 Å². The van der Waals surface area contributed by atoms with Gasteiger partial charge in [-0.15, -0.1) is 10.1 Å². The highest BCUT2D eigenvalue weighted by atomic mass is 16.5. The van der Waals surface area contributed by atoms with Gasteiger partial charge in [0.1, 0.15) is 11.5 Å². The number of benzene rings is 3. The van der Waals surface area contributed by atoms with Crippen LogP contribution in [0.1, 0.15) is 33.1 Å². The first-order valence-corrected chi connectivity index (χ1v) is 10.6. The number of carbonyl (C=O) groups excluding carboxylic acids is 2. The standard InChI is InChI=1S/C26H25N3O4/c1-17-4-8-20(9-5-17)25(30)27-23-24(19-10-14-22(33-3)15-11-19)29(28-26(23)31)16-18-6-12-21(32-2)13-7-18/h4-16,23-24H,1-3H3,(H-,27,28,30,31)/p+1/b29-16-/t23-,24+/m1/s1. The number of carbonyl (C=O) groups is 2. The van der Waals surface area contributed by atoms with Crippen molar-refractivity contribution in [3.05, 3.63) is 95.1 Å². The summed E-state index contributed by atoms with van der Waals surface area (Å²) in [5.74, 6) is 0.857. The van der Waals surface area contributed by atoms with Gasteiger partial charge in [0, 0.05) is 16.7 Å². The lowest BCUT2D eigenvalue weighted by molar-refractivity contribution is -0.596. The van der Waals surface area contributed by atoms with Crippen molar-refractivity contribution in [1.82, 2.24) is 10.7 Å². The zero-order chi connectivity index (χ0) is 23.4. The minimum Gasteiger partial charge on any atom is -0.497 e. The van der Waals surface area contributed by atoms with Crippen LogP contribution < -0.4 is 20.2 Å². The molecule has 1 aliphatic rings. The third kappa shape index (κ3) is 4.87. The molecule has 0 spiro atoms. The van der Waals surface area contributed by atoms with Crippen molar-refractivity contribution in [2.75, 3.05) is 14.2 Å². The normalized spacial score (nSPS) is 18.6. The number of ether oxygens (including phenoxy) is 2. The molecule has 3 aromatic rings. The summed E-state index contributed by atoms with van der Waals surface area (Å²) in [4.78, 5) is 25.9. The molecule has 0 unspecified atom stereocenters. The average molecular weight is 445 g/mol. The summed E-state index contributed by atoms with van der Waals surface area (Å²) in [6.07, 6.45) is 1.84. The number of hydrazone groups is 1. The Labute approximate surface area is 192 Å². The molecule has 0 bridgehead atoms. The van der Waals surface area contributed by atoms with Crippen LogP contribution in [0.3, 0.4) is 0 Å². The molecule has 168 valence electrons. The number of aryl methyl sites for hydroxylation is 1. The van der Waals surface area contributed by atoms with Crippen molar-refractivity contribution in [2.45, 2.75) is 19.0 Å². The fourth-order valence-electron chi connectivity index (χ4n) is 3.76. The second-order valence-electron chi connectivity index (χ2n) is 7.82. The summed E-state index contributed by atoms with van der Waals surface area (Å²) in [6, 6.07) is 20.9. The second kappa shape index (κ2) is 9.56. The minimum absolute atomic E-state index is 0.291. The molecule has 1 aliphatic heterocycles. The topological polar surface area (TPSA) is 79.7 Å². The van der Waals surface area contributed by atoms with Gasteiger partial charge in [-0.05, 0) is 67.6 Å². The molecule has 2 amide bonds. The van der Waals surface area contributed by atoms with Crippen LogP contribution >= 0.6 is 0 Å². The largest absolute Gasteiger partial charge is 0.497 e. The quantitative estimate of drug-likeness (QED) is 0.573. The van der Waals surface area contributed by atoms with E-state index in [9.17, 15) is 9.59 Å². The number of nitrogens with zero attached hydrogens (tertiary/aromatic N) is 1. The van der Waals surface area contributed by atoms with E-state index in [0.29, 0.717) is 11.3 Å². The van der Waals surface area contributed by atoms with E-state index in [1.807, 2.05) is 73.8 Å². The molecule has 2 atom stereocenters. The molecule has 4 rings (SSSR count). The van der Waals surface area contributed by atoms with E-state index >= 15 is 0 Å². The number of hydrogen-bond acceptors (Lipinski definition) is 4. The van der Waals surface area contributed by atoms with Gasteiger partial charge < -0.3 is 14.8 Å². The fourth-order valence-corrected chi connectivity index (χ4v) is 3.76. The molecule has 2 N–H and O–H groups in total. The zero-order valence-corrected chi connectivity index (χ0v) is 18.7. The molecule has 1 saturated heterocycles. The lowest BCUT2D eigenvalue weighted by Crippen LogP contribution is -2.42. The van der Waals surface area contributed by atoms with E-state index in [0.717, 1.165) is 22.4 Å². The summed E-state index contributed by atoms with van der Waals surface area (Å²) in [7, 11) is 3.21. The van der Waals surface area contributed by atoms with Crippen LogP contribution in [0.4, 0.5) is 0 Å². The maximum absolute atomic E-state index is 13.0. The van der Waals surface area contributed by atoms with Gasteiger partial charge >= 0.3 is 5.91 Å². The number of nitrogens with one attached hydrogen (secondary N) is 2. The van der Waals surface area contributed by atoms with Crippen LogP contribution in [-0.2, 0) is 4.79 Å². The Bertz CT molecular complexity index is 1170. The van der Waals surface area contributed by atoms with Crippen LogP contribution in [-0.4, -0.2) is 43.0 Å². The smallest absolute Gasteiger partial charge is 0.304 e. The molecular formula is C26H26N3O4+. The van der Waals surface area contributed by atoms with Gasteiger partial charge in [0.05, 0.1) is 14.2 Å². The molecule has 0 radical (unpaired) electrons. The zero-order valence-electron chi connectivity index (χ0n) is 18.7. The maximum atomic E-state index is 13.0. The Morgan fingerprint density at radius 1 is 0.909 bits per heavy atom. The van der Waals surface area contributed by atoms with Gasteiger partial charge in [-0.1, -0.05) is 17.7 Å². The summed E-state index contributed by atoms with van der Waals surface area (Å²) < 4.78 is 12.2. The van der Waals surface area contributed by atoms with Gasteiger partial charge in [-0.2, -0.15) is 0 Å². The van der Waals surface area contributed by atoms with E-state index in [1.54, 1.807) is 31.0 Å². The van der Waals surface area contributed by atoms with Gasteiger partial charge in [-0.25, -0.2) is 0 Å².